The summed E-state index contributed by atoms with van der Waals surface area (Å²) in [4.78, 5) is 13.3. The molecule has 1 aliphatic heterocycles. The van der Waals surface area contributed by atoms with E-state index >= 15 is 0 Å². The molecule has 1 aliphatic rings. The summed E-state index contributed by atoms with van der Waals surface area (Å²) in [5.41, 5.74) is 3.03. The van der Waals surface area contributed by atoms with Crippen molar-refractivity contribution in [2.75, 3.05) is 18.1 Å². The van der Waals surface area contributed by atoms with Gasteiger partial charge in [0.25, 0.3) is 0 Å². The molecular weight excluding hydrogens is 333 g/mol. The first-order chi connectivity index (χ1) is 8.02. The third-order valence-electron chi connectivity index (χ3n) is 2.85. The van der Waals surface area contributed by atoms with Gasteiger partial charge in [0.2, 0.25) is 0 Å². The molecule has 0 bridgehead atoms. The Morgan fingerprint density at radius 1 is 1.47 bits per heavy atom. The van der Waals surface area contributed by atoms with Crippen molar-refractivity contribution in [2.24, 2.45) is 0 Å². The average Bonchev–Trinajstić information content (AvgIpc) is 2.65. The SMILES string of the molecule is Cc1cc(N2C[C@H](CO)OC2=O)c(C)cc1I. The van der Waals surface area contributed by atoms with E-state index in [0.29, 0.717) is 6.54 Å². The van der Waals surface area contributed by atoms with E-state index in [1.165, 1.54) is 3.57 Å². The number of anilines is 1. The van der Waals surface area contributed by atoms with Gasteiger partial charge in [-0.15, -0.1) is 0 Å². The van der Waals surface area contributed by atoms with Gasteiger partial charge in [-0.25, -0.2) is 4.79 Å². The molecule has 0 saturated carbocycles. The number of carbonyl (C=O) groups is 1. The molecular formula is C12H14INO3. The molecule has 0 aliphatic carbocycles. The molecule has 17 heavy (non-hydrogen) atoms. The van der Waals surface area contributed by atoms with E-state index in [0.717, 1.165) is 16.8 Å². The fourth-order valence-corrected chi connectivity index (χ4v) is 2.49. The number of hydrogen-bond donors (Lipinski definition) is 1. The van der Waals surface area contributed by atoms with Gasteiger partial charge >= 0.3 is 6.09 Å². The van der Waals surface area contributed by atoms with E-state index in [4.69, 9.17) is 9.84 Å². The number of nitrogens with zero attached hydrogens (tertiary/aromatic N) is 1. The van der Waals surface area contributed by atoms with Crippen LogP contribution in [0.3, 0.4) is 0 Å². The van der Waals surface area contributed by atoms with Gasteiger partial charge in [0.15, 0.2) is 0 Å². The van der Waals surface area contributed by atoms with Crippen LogP contribution in [0.25, 0.3) is 0 Å². The lowest BCUT2D eigenvalue weighted by molar-refractivity contribution is 0.0963. The number of amides is 1. The second-order valence-corrected chi connectivity index (χ2v) is 5.35. The Morgan fingerprint density at radius 3 is 2.76 bits per heavy atom. The average molecular weight is 347 g/mol. The van der Waals surface area contributed by atoms with Crippen molar-refractivity contribution in [1.82, 2.24) is 0 Å². The minimum absolute atomic E-state index is 0.134. The summed E-state index contributed by atoms with van der Waals surface area (Å²) in [6.45, 7) is 4.26. The van der Waals surface area contributed by atoms with E-state index in [1.807, 2.05) is 26.0 Å². The van der Waals surface area contributed by atoms with Gasteiger partial charge in [-0.3, -0.25) is 4.90 Å². The Hall–Kier alpha value is -0.820. The standard InChI is InChI=1S/C12H14INO3/c1-7-4-11(8(2)3-10(7)13)14-5-9(6-15)17-12(14)16/h3-4,9,15H,5-6H2,1-2H3/t9-/m1/s1. The van der Waals surface area contributed by atoms with E-state index < -0.39 is 6.10 Å². The number of rotatable bonds is 2. The zero-order valence-corrected chi connectivity index (χ0v) is 11.9. The molecule has 2 rings (SSSR count). The topological polar surface area (TPSA) is 49.8 Å². The van der Waals surface area contributed by atoms with Gasteiger partial charge in [0.1, 0.15) is 6.10 Å². The smallest absolute Gasteiger partial charge is 0.414 e. The molecule has 4 nitrogen and oxygen atoms in total. The van der Waals surface area contributed by atoms with Crippen molar-refractivity contribution >= 4 is 34.4 Å². The number of carbonyl (C=O) groups excluding carboxylic acids is 1. The van der Waals surface area contributed by atoms with Crippen LogP contribution in [0.2, 0.25) is 0 Å². The first-order valence-electron chi connectivity index (χ1n) is 5.38. The predicted octanol–water partition coefficient (Wildman–Crippen LogP) is 2.23. The molecule has 1 saturated heterocycles. The first-order valence-corrected chi connectivity index (χ1v) is 6.46. The first kappa shape index (κ1) is 12.6. The molecule has 0 unspecified atom stereocenters. The fraction of sp³-hybridized carbons (Fsp3) is 0.417. The van der Waals surface area contributed by atoms with Crippen LogP contribution in [0.15, 0.2) is 12.1 Å². The number of benzene rings is 1. The van der Waals surface area contributed by atoms with E-state index in [9.17, 15) is 4.79 Å². The van der Waals surface area contributed by atoms with E-state index in [2.05, 4.69) is 22.6 Å². The number of aliphatic hydroxyl groups excluding tert-OH is 1. The van der Waals surface area contributed by atoms with Crippen LogP contribution in [0, 0.1) is 17.4 Å². The van der Waals surface area contributed by atoms with Crippen molar-refractivity contribution < 1.29 is 14.6 Å². The van der Waals surface area contributed by atoms with Crippen LogP contribution in [-0.2, 0) is 4.74 Å². The van der Waals surface area contributed by atoms with Gasteiger partial charge in [0.05, 0.1) is 18.8 Å². The lowest BCUT2D eigenvalue weighted by Gasteiger charge is -2.17. The molecule has 0 aromatic heterocycles. The molecule has 1 fully saturated rings. The molecule has 1 atom stereocenters. The maximum Gasteiger partial charge on any atom is 0.414 e. The van der Waals surface area contributed by atoms with Gasteiger partial charge in [0, 0.05) is 3.57 Å². The Bertz CT molecular complexity index is 461. The van der Waals surface area contributed by atoms with Crippen LogP contribution >= 0.6 is 22.6 Å². The number of aryl methyl sites for hydroxylation is 2. The number of cyclic esters (lactones) is 1. The molecule has 92 valence electrons. The predicted molar refractivity (Wildman–Crippen MR) is 73.3 cm³/mol. The highest BCUT2D eigenvalue weighted by Crippen LogP contribution is 2.28. The van der Waals surface area contributed by atoms with Gasteiger partial charge < -0.3 is 9.84 Å². The number of aliphatic hydroxyl groups is 1. The minimum atomic E-state index is -0.415. The highest BCUT2D eigenvalue weighted by molar-refractivity contribution is 14.1. The highest BCUT2D eigenvalue weighted by Gasteiger charge is 2.32. The minimum Gasteiger partial charge on any atom is -0.441 e. The van der Waals surface area contributed by atoms with Crippen LogP contribution in [0.1, 0.15) is 11.1 Å². The van der Waals surface area contributed by atoms with Crippen LogP contribution in [0.5, 0.6) is 0 Å². The summed E-state index contributed by atoms with van der Waals surface area (Å²) in [6.07, 6.45) is -0.797. The number of halogens is 1. The second-order valence-electron chi connectivity index (χ2n) is 4.19. The van der Waals surface area contributed by atoms with Crippen molar-refractivity contribution in [3.8, 4) is 0 Å². The lowest BCUT2D eigenvalue weighted by atomic mass is 10.1. The van der Waals surface area contributed by atoms with Crippen molar-refractivity contribution in [2.45, 2.75) is 20.0 Å². The molecule has 1 amide bonds. The Balaban J connectivity index is 2.35. The van der Waals surface area contributed by atoms with Crippen molar-refractivity contribution in [3.63, 3.8) is 0 Å². The molecule has 1 heterocycles. The third kappa shape index (κ3) is 2.40. The van der Waals surface area contributed by atoms with Crippen LogP contribution in [0.4, 0.5) is 10.5 Å². The number of ether oxygens (including phenoxy) is 1. The van der Waals surface area contributed by atoms with Gasteiger partial charge in [-0.1, -0.05) is 0 Å². The van der Waals surface area contributed by atoms with Gasteiger partial charge in [-0.2, -0.15) is 0 Å². The maximum absolute atomic E-state index is 11.7. The molecule has 1 N–H and O–H groups in total. The monoisotopic (exact) mass is 347 g/mol. The summed E-state index contributed by atoms with van der Waals surface area (Å²) in [6, 6.07) is 4.03. The third-order valence-corrected chi connectivity index (χ3v) is 4.01. The lowest BCUT2D eigenvalue weighted by Crippen LogP contribution is -2.26. The van der Waals surface area contributed by atoms with E-state index in [1.54, 1.807) is 4.90 Å². The zero-order chi connectivity index (χ0) is 12.6. The number of hydrogen-bond acceptors (Lipinski definition) is 3. The quantitative estimate of drug-likeness (QED) is 0.835. The highest BCUT2D eigenvalue weighted by atomic mass is 127. The summed E-state index contributed by atoms with van der Waals surface area (Å²) in [5.74, 6) is 0. The van der Waals surface area contributed by atoms with Gasteiger partial charge in [-0.05, 0) is 59.7 Å². The normalized spacial score (nSPS) is 19.6. The second kappa shape index (κ2) is 4.81. The maximum atomic E-state index is 11.7. The summed E-state index contributed by atoms with van der Waals surface area (Å²) in [7, 11) is 0. The Labute approximate surface area is 114 Å². The molecule has 1 aromatic rings. The molecule has 0 radical (unpaired) electrons. The van der Waals surface area contributed by atoms with Crippen molar-refractivity contribution in [1.29, 1.82) is 0 Å². The Kier molecular flexibility index (Phi) is 3.58. The molecule has 1 aromatic carbocycles. The fourth-order valence-electron chi connectivity index (χ4n) is 1.87. The largest absolute Gasteiger partial charge is 0.441 e. The zero-order valence-electron chi connectivity index (χ0n) is 9.74. The summed E-state index contributed by atoms with van der Waals surface area (Å²) < 4.78 is 6.21. The van der Waals surface area contributed by atoms with E-state index in [-0.39, 0.29) is 12.7 Å². The van der Waals surface area contributed by atoms with Crippen LogP contribution < -0.4 is 4.90 Å². The van der Waals surface area contributed by atoms with Crippen molar-refractivity contribution in [3.05, 3.63) is 26.8 Å². The molecule has 0 spiro atoms. The summed E-state index contributed by atoms with van der Waals surface area (Å²) >= 11 is 2.27. The van der Waals surface area contributed by atoms with Crippen LogP contribution in [-0.4, -0.2) is 30.5 Å². The Morgan fingerprint density at radius 2 is 2.18 bits per heavy atom. The summed E-state index contributed by atoms with van der Waals surface area (Å²) in [5, 5.41) is 9.01. The molecule has 5 heteroatoms.